The van der Waals surface area contributed by atoms with E-state index in [0.717, 1.165) is 0 Å². The second kappa shape index (κ2) is 7.65. The van der Waals surface area contributed by atoms with Crippen molar-refractivity contribution in [2.24, 2.45) is 0 Å². The van der Waals surface area contributed by atoms with Gasteiger partial charge in [0.2, 0.25) is 5.15 Å². The Morgan fingerprint density at radius 2 is 2.37 bits per heavy atom. The molecule has 1 rings (SSSR count). The van der Waals surface area contributed by atoms with E-state index in [1.165, 1.54) is 12.3 Å². The summed E-state index contributed by atoms with van der Waals surface area (Å²) in [7, 11) is 0. The molecule has 8 heteroatoms. The van der Waals surface area contributed by atoms with Gasteiger partial charge < -0.3 is 10.1 Å². The highest BCUT2D eigenvalue weighted by Crippen LogP contribution is 2.25. The zero-order valence-electron chi connectivity index (χ0n) is 10.4. The van der Waals surface area contributed by atoms with Crippen molar-refractivity contribution in [2.45, 2.75) is 13.3 Å². The molecule has 0 aliphatic heterocycles. The Labute approximate surface area is 115 Å². The molecular weight excluding hydrogens is 274 g/mol. The molecule has 1 amide bonds. The van der Waals surface area contributed by atoms with Gasteiger partial charge in [0.25, 0.3) is 5.91 Å². The first kappa shape index (κ1) is 15.3. The summed E-state index contributed by atoms with van der Waals surface area (Å²) >= 11 is 5.62. The second-order valence-electron chi connectivity index (χ2n) is 3.56. The van der Waals surface area contributed by atoms with Crippen LogP contribution < -0.4 is 5.32 Å². The van der Waals surface area contributed by atoms with E-state index in [4.69, 9.17) is 16.3 Å². The maximum atomic E-state index is 11.8. The van der Waals surface area contributed by atoms with Gasteiger partial charge in [-0.1, -0.05) is 11.6 Å². The quantitative estimate of drug-likeness (QED) is 0.357. The molecule has 0 spiro atoms. The number of nitrogens with zero attached hydrogens (tertiary/aromatic N) is 2. The maximum Gasteiger partial charge on any atom is 0.319 e. The summed E-state index contributed by atoms with van der Waals surface area (Å²) < 4.78 is 5.11. The lowest BCUT2D eigenvalue weighted by Crippen LogP contribution is -2.26. The number of nitrogens with one attached hydrogen (secondary N) is 1. The molecule has 0 saturated heterocycles. The van der Waals surface area contributed by atoms with Crippen LogP contribution in [0.1, 0.15) is 23.7 Å². The Kier molecular flexibility index (Phi) is 6.17. The van der Waals surface area contributed by atoms with Gasteiger partial charge >= 0.3 is 5.69 Å². The summed E-state index contributed by atoms with van der Waals surface area (Å²) in [6.45, 7) is 3.38. The largest absolute Gasteiger partial charge is 0.382 e. The molecule has 104 valence electrons. The number of halogens is 1. The van der Waals surface area contributed by atoms with E-state index < -0.39 is 16.5 Å². The molecule has 0 radical (unpaired) electrons. The van der Waals surface area contributed by atoms with Crippen molar-refractivity contribution >= 4 is 23.2 Å². The minimum Gasteiger partial charge on any atom is -0.382 e. The van der Waals surface area contributed by atoms with Crippen LogP contribution in [0.4, 0.5) is 5.69 Å². The molecule has 0 aliphatic rings. The van der Waals surface area contributed by atoms with Crippen LogP contribution in [0.3, 0.4) is 0 Å². The van der Waals surface area contributed by atoms with Gasteiger partial charge in [-0.25, -0.2) is 4.98 Å². The normalized spacial score (nSPS) is 10.2. The predicted molar refractivity (Wildman–Crippen MR) is 69.3 cm³/mol. The van der Waals surface area contributed by atoms with Gasteiger partial charge in [0, 0.05) is 26.0 Å². The van der Waals surface area contributed by atoms with Crippen LogP contribution >= 0.6 is 11.6 Å². The van der Waals surface area contributed by atoms with E-state index in [9.17, 15) is 14.9 Å². The van der Waals surface area contributed by atoms with E-state index in [1.54, 1.807) is 0 Å². The van der Waals surface area contributed by atoms with Crippen LogP contribution in [0.15, 0.2) is 12.3 Å². The van der Waals surface area contributed by atoms with E-state index in [0.29, 0.717) is 26.2 Å². The fourth-order valence-electron chi connectivity index (χ4n) is 1.40. The smallest absolute Gasteiger partial charge is 0.319 e. The molecule has 1 heterocycles. The predicted octanol–water partition coefficient (Wildman–Crippen LogP) is 1.80. The van der Waals surface area contributed by atoms with E-state index in [1.807, 2.05) is 6.92 Å². The van der Waals surface area contributed by atoms with Crippen LogP contribution in [-0.2, 0) is 4.74 Å². The van der Waals surface area contributed by atoms with E-state index in [2.05, 4.69) is 10.3 Å². The van der Waals surface area contributed by atoms with Gasteiger partial charge in [0.1, 0.15) is 5.56 Å². The molecule has 7 nitrogen and oxygen atoms in total. The number of aromatic nitrogens is 1. The van der Waals surface area contributed by atoms with Crippen molar-refractivity contribution in [1.82, 2.24) is 10.3 Å². The van der Waals surface area contributed by atoms with E-state index >= 15 is 0 Å². The number of ether oxygens (including phenoxy) is 1. The molecule has 0 bridgehead atoms. The van der Waals surface area contributed by atoms with Crippen LogP contribution in [0.5, 0.6) is 0 Å². The third kappa shape index (κ3) is 4.46. The number of carbonyl (C=O) groups is 1. The van der Waals surface area contributed by atoms with Gasteiger partial charge in [-0.3, -0.25) is 14.9 Å². The van der Waals surface area contributed by atoms with Crippen molar-refractivity contribution in [3.8, 4) is 0 Å². The number of carbonyl (C=O) groups excluding carboxylic acids is 1. The zero-order chi connectivity index (χ0) is 14.3. The summed E-state index contributed by atoms with van der Waals surface area (Å²) in [5, 5.41) is 13.1. The molecular formula is C11H14ClN3O4. The lowest BCUT2D eigenvalue weighted by Gasteiger charge is -2.06. The summed E-state index contributed by atoms with van der Waals surface area (Å²) in [6.07, 6.45) is 1.89. The molecule has 1 aromatic heterocycles. The summed E-state index contributed by atoms with van der Waals surface area (Å²) in [5.74, 6) is -0.549. The number of hydrogen-bond donors (Lipinski definition) is 1. The van der Waals surface area contributed by atoms with Gasteiger partial charge in [0.15, 0.2) is 0 Å². The monoisotopic (exact) mass is 287 g/mol. The lowest BCUT2D eigenvalue weighted by molar-refractivity contribution is -0.385. The summed E-state index contributed by atoms with van der Waals surface area (Å²) in [5.41, 5.74) is -0.576. The molecule has 1 N–H and O–H groups in total. The van der Waals surface area contributed by atoms with Crippen molar-refractivity contribution < 1.29 is 14.5 Å². The lowest BCUT2D eigenvalue weighted by atomic mass is 10.2. The van der Waals surface area contributed by atoms with E-state index in [-0.39, 0.29) is 10.7 Å². The van der Waals surface area contributed by atoms with Gasteiger partial charge in [0.05, 0.1) is 4.92 Å². The highest BCUT2D eigenvalue weighted by atomic mass is 35.5. The van der Waals surface area contributed by atoms with Crippen LogP contribution in [-0.4, -0.2) is 35.6 Å². The molecule has 1 aromatic rings. The van der Waals surface area contributed by atoms with Crippen molar-refractivity contribution in [3.63, 3.8) is 0 Å². The maximum absolute atomic E-state index is 11.8. The number of rotatable bonds is 7. The number of amides is 1. The third-order valence-corrected chi connectivity index (χ3v) is 2.54. The standard InChI is InChI=1S/C11H14ClN3O4/c1-2-19-7-3-5-14-11(16)8-4-6-13-10(12)9(8)15(17)18/h4,6H,2-3,5,7H2,1H3,(H,14,16). The number of pyridine rings is 1. The van der Waals surface area contributed by atoms with Gasteiger partial charge in [-0.05, 0) is 19.4 Å². The second-order valence-corrected chi connectivity index (χ2v) is 3.92. The van der Waals surface area contributed by atoms with Gasteiger partial charge in [-0.15, -0.1) is 0 Å². The topological polar surface area (TPSA) is 94.4 Å². The third-order valence-electron chi connectivity index (χ3n) is 2.26. The van der Waals surface area contributed by atoms with Crippen LogP contribution in [0, 0.1) is 10.1 Å². The molecule has 19 heavy (non-hydrogen) atoms. The van der Waals surface area contributed by atoms with Gasteiger partial charge in [-0.2, -0.15) is 0 Å². The summed E-state index contributed by atoms with van der Waals surface area (Å²) in [6, 6.07) is 1.27. The van der Waals surface area contributed by atoms with Crippen LogP contribution in [0.2, 0.25) is 5.15 Å². The first-order chi connectivity index (χ1) is 9.07. The molecule has 0 aromatic carbocycles. The Bertz CT molecular complexity index is 467. The first-order valence-electron chi connectivity index (χ1n) is 5.72. The minimum absolute atomic E-state index is 0.0959. The molecule has 0 aliphatic carbocycles. The molecule has 0 fully saturated rings. The Morgan fingerprint density at radius 1 is 1.63 bits per heavy atom. The Morgan fingerprint density at radius 3 is 3.00 bits per heavy atom. The SMILES string of the molecule is CCOCCCNC(=O)c1ccnc(Cl)c1[N+](=O)[O-]. The van der Waals surface area contributed by atoms with Crippen LogP contribution in [0.25, 0.3) is 0 Å². The Balaban J connectivity index is 2.67. The minimum atomic E-state index is -0.718. The summed E-state index contributed by atoms with van der Waals surface area (Å²) in [4.78, 5) is 25.5. The number of hydrogen-bond acceptors (Lipinski definition) is 5. The first-order valence-corrected chi connectivity index (χ1v) is 6.10. The van der Waals surface area contributed by atoms with Crippen molar-refractivity contribution in [3.05, 3.63) is 33.1 Å². The zero-order valence-corrected chi connectivity index (χ0v) is 11.1. The highest BCUT2D eigenvalue weighted by molar-refractivity contribution is 6.32. The molecule has 0 saturated carbocycles. The van der Waals surface area contributed by atoms with Crippen molar-refractivity contribution in [2.75, 3.05) is 19.8 Å². The number of nitro groups is 1. The average molecular weight is 288 g/mol. The highest BCUT2D eigenvalue weighted by Gasteiger charge is 2.24. The Hall–Kier alpha value is -1.73. The van der Waals surface area contributed by atoms with Crippen molar-refractivity contribution in [1.29, 1.82) is 0 Å². The fourth-order valence-corrected chi connectivity index (χ4v) is 1.63. The average Bonchev–Trinajstić information content (AvgIpc) is 2.37. The molecule has 0 atom stereocenters. The molecule has 0 unspecified atom stereocenters. The fraction of sp³-hybridized carbons (Fsp3) is 0.455.